The molecular formula is C17H23NO3. The first-order chi connectivity index (χ1) is 10.1. The van der Waals surface area contributed by atoms with E-state index in [2.05, 4.69) is 12.1 Å². The Morgan fingerprint density at radius 1 is 1.29 bits per heavy atom. The Morgan fingerprint density at radius 2 is 2.05 bits per heavy atom. The number of esters is 1. The molecule has 0 bridgehead atoms. The van der Waals surface area contributed by atoms with Gasteiger partial charge in [0, 0.05) is 13.5 Å². The highest BCUT2D eigenvalue weighted by Gasteiger charge is 2.26. The summed E-state index contributed by atoms with van der Waals surface area (Å²) in [6, 6.07) is 8.44. The van der Waals surface area contributed by atoms with E-state index in [0.717, 1.165) is 19.3 Å². The number of carbonyl (C=O) groups is 2. The number of benzene rings is 1. The van der Waals surface area contributed by atoms with Crippen molar-refractivity contribution in [3.8, 4) is 0 Å². The van der Waals surface area contributed by atoms with E-state index < -0.39 is 0 Å². The molecule has 0 radical (unpaired) electrons. The molecule has 0 heterocycles. The molecule has 4 nitrogen and oxygen atoms in total. The van der Waals surface area contributed by atoms with E-state index in [1.165, 1.54) is 11.1 Å². The molecule has 1 aliphatic carbocycles. The number of amides is 1. The van der Waals surface area contributed by atoms with E-state index in [-0.39, 0.29) is 30.8 Å². The Bertz CT molecular complexity index is 513. The normalized spacial score (nSPS) is 17.0. The summed E-state index contributed by atoms with van der Waals surface area (Å²) in [4.78, 5) is 25.4. The third-order valence-corrected chi connectivity index (χ3v) is 4.05. The molecule has 1 aromatic rings. The molecule has 0 N–H and O–H groups in total. The van der Waals surface area contributed by atoms with Crippen molar-refractivity contribution in [3.05, 3.63) is 35.4 Å². The van der Waals surface area contributed by atoms with Gasteiger partial charge >= 0.3 is 5.97 Å². The maximum absolute atomic E-state index is 12.3. The second-order valence-corrected chi connectivity index (χ2v) is 5.42. The van der Waals surface area contributed by atoms with Gasteiger partial charge in [0.1, 0.15) is 0 Å². The van der Waals surface area contributed by atoms with Gasteiger partial charge in [0.25, 0.3) is 0 Å². The molecule has 1 atom stereocenters. The first-order valence-electron chi connectivity index (χ1n) is 7.62. The maximum Gasteiger partial charge on any atom is 0.306 e. The van der Waals surface area contributed by atoms with E-state index in [0.29, 0.717) is 6.61 Å². The third kappa shape index (κ3) is 3.84. The zero-order valence-corrected chi connectivity index (χ0v) is 12.8. The van der Waals surface area contributed by atoms with Crippen LogP contribution in [0.2, 0.25) is 0 Å². The highest BCUT2D eigenvalue weighted by atomic mass is 16.5. The minimum atomic E-state index is -0.303. The highest BCUT2D eigenvalue weighted by molar-refractivity contribution is 5.81. The number of ether oxygens (including phenoxy) is 1. The van der Waals surface area contributed by atoms with Crippen LogP contribution < -0.4 is 0 Å². The maximum atomic E-state index is 12.3. The molecule has 1 amide bonds. The quantitative estimate of drug-likeness (QED) is 0.783. The summed E-state index contributed by atoms with van der Waals surface area (Å²) in [5.74, 6) is -0.298. The van der Waals surface area contributed by atoms with Crippen molar-refractivity contribution in [1.82, 2.24) is 4.90 Å². The van der Waals surface area contributed by atoms with Gasteiger partial charge in [0.05, 0.1) is 19.1 Å². The lowest BCUT2D eigenvalue weighted by Gasteiger charge is -2.33. The molecule has 1 aromatic carbocycles. The first-order valence-corrected chi connectivity index (χ1v) is 7.62. The fraction of sp³-hybridized carbons (Fsp3) is 0.529. The van der Waals surface area contributed by atoms with Gasteiger partial charge in [0.2, 0.25) is 5.91 Å². The van der Waals surface area contributed by atoms with Gasteiger partial charge in [-0.05, 0) is 37.3 Å². The molecule has 1 unspecified atom stereocenters. The molecule has 0 aromatic heterocycles. The molecule has 1 aliphatic rings. The lowest BCUT2D eigenvalue weighted by atomic mass is 9.87. The third-order valence-electron chi connectivity index (χ3n) is 4.05. The SMILES string of the molecule is CCOC(=O)CCC(=O)N(C)C1CCCc2ccccc21. The lowest BCUT2D eigenvalue weighted by molar-refractivity contribution is -0.146. The summed E-state index contributed by atoms with van der Waals surface area (Å²) >= 11 is 0. The standard InChI is InChI=1S/C17H23NO3/c1-3-21-17(20)12-11-16(19)18(2)15-10-6-8-13-7-4-5-9-14(13)15/h4-5,7,9,15H,3,6,8,10-12H2,1-2H3. The molecule has 0 aliphatic heterocycles. The number of carbonyl (C=O) groups excluding carboxylic acids is 2. The number of rotatable bonds is 5. The van der Waals surface area contributed by atoms with Crippen LogP contribution in [0, 0.1) is 0 Å². The first kappa shape index (κ1) is 15.5. The predicted octanol–water partition coefficient (Wildman–Crippen LogP) is 2.87. The van der Waals surface area contributed by atoms with E-state index in [4.69, 9.17) is 4.74 Å². The number of fused-ring (bicyclic) bond motifs is 1. The predicted molar refractivity (Wildman–Crippen MR) is 80.8 cm³/mol. The topological polar surface area (TPSA) is 46.6 Å². The van der Waals surface area contributed by atoms with Crippen LogP contribution in [0.3, 0.4) is 0 Å². The van der Waals surface area contributed by atoms with Crippen molar-refractivity contribution in [2.75, 3.05) is 13.7 Å². The van der Waals surface area contributed by atoms with E-state index in [1.807, 2.05) is 19.2 Å². The van der Waals surface area contributed by atoms with Crippen molar-refractivity contribution in [3.63, 3.8) is 0 Å². The molecule has 2 rings (SSSR count). The molecule has 0 saturated heterocycles. The van der Waals surface area contributed by atoms with Gasteiger partial charge in [-0.25, -0.2) is 0 Å². The van der Waals surface area contributed by atoms with Gasteiger partial charge in [-0.1, -0.05) is 24.3 Å². The van der Waals surface area contributed by atoms with Crippen LogP contribution in [0.15, 0.2) is 24.3 Å². The fourth-order valence-electron chi connectivity index (χ4n) is 2.92. The smallest absolute Gasteiger partial charge is 0.306 e. The number of hydrogen-bond acceptors (Lipinski definition) is 3. The molecular weight excluding hydrogens is 266 g/mol. The largest absolute Gasteiger partial charge is 0.466 e. The summed E-state index contributed by atoms with van der Waals surface area (Å²) in [5.41, 5.74) is 2.58. The Balaban J connectivity index is 1.99. The number of aryl methyl sites for hydroxylation is 1. The van der Waals surface area contributed by atoms with Gasteiger partial charge in [-0.15, -0.1) is 0 Å². The summed E-state index contributed by atoms with van der Waals surface area (Å²) in [6.07, 6.45) is 3.53. The van der Waals surface area contributed by atoms with Crippen molar-refractivity contribution in [2.24, 2.45) is 0 Å². The Morgan fingerprint density at radius 3 is 2.81 bits per heavy atom. The van der Waals surface area contributed by atoms with Crippen LogP contribution in [-0.2, 0) is 20.7 Å². The van der Waals surface area contributed by atoms with Crippen LogP contribution in [0.5, 0.6) is 0 Å². The van der Waals surface area contributed by atoms with Gasteiger partial charge in [-0.2, -0.15) is 0 Å². The zero-order valence-electron chi connectivity index (χ0n) is 12.8. The molecule has 21 heavy (non-hydrogen) atoms. The van der Waals surface area contributed by atoms with Crippen molar-refractivity contribution < 1.29 is 14.3 Å². The van der Waals surface area contributed by atoms with Crippen LogP contribution in [0.25, 0.3) is 0 Å². The Hall–Kier alpha value is -1.84. The Kier molecular flexibility index (Phi) is 5.37. The molecule has 0 spiro atoms. The van der Waals surface area contributed by atoms with Crippen molar-refractivity contribution in [1.29, 1.82) is 0 Å². The molecule has 0 saturated carbocycles. The molecule has 0 fully saturated rings. The molecule has 4 heteroatoms. The number of nitrogens with zero attached hydrogens (tertiary/aromatic N) is 1. The van der Waals surface area contributed by atoms with E-state index in [1.54, 1.807) is 11.8 Å². The minimum absolute atomic E-state index is 0.00440. The van der Waals surface area contributed by atoms with Crippen molar-refractivity contribution >= 4 is 11.9 Å². The van der Waals surface area contributed by atoms with E-state index in [9.17, 15) is 9.59 Å². The van der Waals surface area contributed by atoms with Gasteiger partial charge in [0.15, 0.2) is 0 Å². The second kappa shape index (κ2) is 7.25. The number of hydrogen-bond donors (Lipinski definition) is 0. The van der Waals surface area contributed by atoms with Crippen LogP contribution in [0.4, 0.5) is 0 Å². The van der Waals surface area contributed by atoms with Crippen LogP contribution in [-0.4, -0.2) is 30.4 Å². The zero-order chi connectivity index (χ0) is 15.2. The van der Waals surface area contributed by atoms with Crippen LogP contribution >= 0.6 is 0 Å². The summed E-state index contributed by atoms with van der Waals surface area (Å²) in [6.45, 7) is 2.13. The lowest BCUT2D eigenvalue weighted by Crippen LogP contribution is -2.33. The summed E-state index contributed by atoms with van der Waals surface area (Å²) in [5, 5.41) is 0. The minimum Gasteiger partial charge on any atom is -0.466 e. The molecule has 114 valence electrons. The van der Waals surface area contributed by atoms with E-state index >= 15 is 0 Å². The Labute approximate surface area is 126 Å². The monoisotopic (exact) mass is 289 g/mol. The van der Waals surface area contributed by atoms with Gasteiger partial charge < -0.3 is 9.64 Å². The summed E-state index contributed by atoms with van der Waals surface area (Å²) in [7, 11) is 1.83. The average molecular weight is 289 g/mol. The van der Waals surface area contributed by atoms with Crippen molar-refractivity contribution in [2.45, 2.75) is 45.1 Å². The second-order valence-electron chi connectivity index (χ2n) is 5.42. The van der Waals surface area contributed by atoms with Gasteiger partial charge in [-0.3, -0.25) is 9.59 Å². The highest BCUT2D eigenvalue weighted by Crippen LogP contribution is 2.33. The average Bonchev–Trinajstić information content (AvgIpc) is 2.51. The summed E-state index contributed by atoms with van der Waals surface area (Å²) < 4.78 is 4.86. The fourth-order valence-corrected chi connectivity index (χ4v) is 2.92. The van der Waals surface area contributed by atoms with Crippen LogP contribution in [0.1, 0.15) is 49.8 Å².